The Balaban J connectivity index is 3.17. The van der Waals surface area contributed by atoms with Crippen molar-refractivity contribution in [3.8, 4) is 0 Å². The van der Waals surface area contributed by atoms with Gasteiger partial charge in [0.05, 0.1) is 5.69 Å². The second kappa shape index (κ2) is 8.50. The van der Waals surface area contributed by atoms with Crippen LogP contribution in [0, 0.1) is 5.21 Å². The molecule has 0 aliphatic rings. The average Bonchev–Trinajstić information content (AvgIpc) is 2.50. The van der Waals surface area contributed by atoms with Crippen molar-refractivity contribution in [2.45, 2.75) is 45.4 Å². The number of hydrogen-bond donors (Lipinski definition) is 3. The summed E-state index contributed by atoms with van der Waals surface area (Å²) in [5.74, 6) is -2.30. The quantitative estimate of drug-likeness (QED) is 0.505. The highest BCUT2D eigenvalue weighted by molar-refractivity contribution is 5.84. The molecule has 1 unspecified atom stereocenters. The summed E-state index contributed by atoms with van der Waals surface area (Å²) < 4.78 is 10.2. The Hall–Kier alpha value is -2.85. The number of rotatable bonds is 6. The number of carboxylic acid groups (broad SMARTS) is 1. The van der Waals surface area contributed by atoms with Gasteiger partial charge in [-0.2, -0.15) is 0 Å². The van der Waals surface area contributed by atoms with E-state index in [0.29, 0.717) is 0 Å². The van der Waals surface area contributed by atoms with Crippen LogP contribution in [-0.4, -0.2) is 40.0 Å². The van der Waals surface area contributed by atoms with E-state index in [9.17, 15) is 24.8 Å². The van der Waals surface area contributed by atoms with Gasteiger partial charge < -0.3 is 30.3 Å². The molecular formula is C16H21N2O8-. The molecule has 3 N–H and O–H groups in total. The molecule has 0 aliphatic heterocycles. The summed E-state index contributed by atoms with van der Waals surface area (Å²) in [6, 6.07) is 4.12. The topological polar surface area (TPSA) is 148 Å². The molecule has 1 aromatic rings. The van der Waals surface area contributed by atoms with Gasteiger partial charge in [0, 0.05) is 5.56 Å². The molecule has 0 radical (unpaired) electrons. The smallest absolute Gasteiger partial charge is 0.409 e. The zero-order valence-electron chi connectivity index (χ0n) is 14.8. The summed E-state index contributed by atoms with van der Waals surface area (Å²) in [7, 11) is 0. The number of anilines is 1. The number of ether oxygens (including phenoxy) is 2. The Kier molecular flexibility index (Phi) is 6.93. The van der Waals surface area contributed by atoms with Crippen molar-refractivity contribution in [2.24, 2.45) is 0 Å². The van der Waals surface area contributed by atoms with Crippen LogP contribution in [0.4, 0.5) is 10.5 Å². The van der Waals surface area contributed by atoms with Crippen molar-refractivity contribution in [2.75, 3.05) is 5.23 Å². The third-order valence-electron chi connectivity index (χ3n) is 2.98. The number of nitrogens with one attached hydrogen (secondary N) is 1. The molecule has 0 aliphatic carbocycles. The second-order valence-electron chi connectivity index (χ2n) is 6.35. The molecule has 0 saturated carbocycles. The lowest BCUT2D eigenvalue weighted by molar-refractivity contribution is -0.165. The number of nitrogens with zero attached hydrogens (tertiary/aromatic N) is 1. The van der Waals surface area contributed by atoms with E-state index in [2.05, 4.69) is 0 Å². The predicted molar refractivity (Wildman–Crippen MR) is 89.4 cm³/mol. The Morgan fingerprint density at radius 2 is 1.81 bits per heavy atom. The highest BCUT2D eigenvalue weighted by Gasteiger charge is 2.32. The number of para-hydroxylation sites is 1. The van der Waals surface area contributed by atoms with Crippen molar-refractivity contribution in [1.29, 1.82) is 0 Å². The van der Waals surface area contributed by atoms with E-state index < -0.39 is 41.0 Å². The lowest BCUT2D eigenvalue weighted by atomic mass is 10.1. The van der Waals surface area contributed by atoms with Gasteiger partial charge in [-0.3, -0.25) is 10.0 Å². The van der Waals surface area contributed by atoms with Crippen molar-refractivity contribution < 1.29 is 34.2 Å². The van der Waals surface area contributed by atoms with Crippen molar-refractivity contribution in [3.05, 3.63) is 35.0 Å². The Morgan fingerprint density at radius 1 is 1.23 bits per heavy atom. The first-order chi connectivity index (χ1) is 11.9. The van der Waals surface area contributed by atoms with Gasteiger partial charge in [0.1, 0.15) is 11.6 Å². The molecule has 1 aromatic carbocycles. The van der Waals surface area contributed by atoms with Gasteiger partial charge in [-0.15, -0.1) is 0 Å². The van der Waals surface area contributed by atoms with Crippen molar-refractivity contribution in [3.63, 3.8) is 0 Å². The minimum atomic E-state index is -1.70. The molecule has 0 saturated heterocycles. The summed E-state index contributed by atoms with van der Waals surface area (Å²) in [6.07, 6.45) is -2.91. The van der Waals surface area contributed by atoms with E-state index in [1.54, 1.807) is 20.8 Å². The Bertz CT molecular complexity index is 668. The van der Waals surface area contributed by atoms with Gasteiger partial charge in [-0.05, 0) is 33.8 Å². The lowest BCUT2D eigenvalue weighted by Crippen LogP contribution is -2.40. The van der Waals surface area contributed by atoms with Gasteiger partial charge in [-0.25, -0.2) is 9.59 Å². The minimum Gasteiger partial charge on any atom is -0.733 e. The van der Waals surface area contributed by atoms with Gasteiger partial charge in [0.2, 0.25) is 6.10 Å². The minimum absolute atomic E-state index is 0.127. The SMILES string of the molecule is C[C@@H](NC(=O)OC(C(=O)OC(C)(C)C)c1ccccc1N([O-])O)C(=O)O. The Morgan fingerprint density at radius 3 is 2.31 bits per heavy atom. The molecule has 1 amide bonds. The summed E-state index contributed by atoms with van der Waals surface area (Å²) in [6.45, 7) is 5.97. The first kappa shape index (κ1) is 21.2. The fourth-order valence-electron chi connectivity index (χ4n) is 1.86. The molecule has 0 heterocycles. The summed E-state index contributed by atoms with van der Waals surface area (Å²) in [4.78, 5) is 35.2. The van der Waals surface area contributed by atoms with Crippen molar-refractivity contribution >= 4 is 23.7 Å². The van der Waals surface area contributed by atoms with E-state index >= 15 is 0 Å². The fourth-order valence-corrected chi connectivity index (χ4v) is 1.86. The van der Waals surface area contributed by atoms with Gasteiger partial charge in [0.25, 0.3) is 0 Å². The highest BCUT2D eigenvalue weighted by Crippen LogP contribution is 2.30. The maximum absolute atomic E-state index is 12.4. The van der Waals surface area contributed by atoms with Crippen LogP contribution in [-0.2, 0) is 19.1 Å². The predicted octanol–water partition coefficient (Wildman–Crippen LogP) is 1.96. The zero-order chi connectivity index (χ0) is 20.1. The number of esters is 1. The third kappa shape index (κ3) is 6.22. The molecule has 0 aromatic heterocycles. The average molecular weight is 369 g/mol. The standard InChI is InChI=1S/C16H21N2O8/c1-9(13(19)20)17-15(22)25-12(14(21)26-16(2,3)4)10-7-5-6-8-11(10)18(23)24/h5-9,12,23H,1-4H3,(H,17,22)(H,19,20)/q-1/t9-,12?/m1/s1. The van der Waals surface area contributed by atoms with Gasteiger partial charge >= 0.3 is 18.0 Å². The summed E-state index contributed by atoms with van der Waals surface area (Å²) in [5, 5.41) is 30.9. The van der Waals surface area contributed by atoms with Gasteiger partial charge in [-0.1, -0.05) is 18.2 Å². The lowest BCUT2D eigenvalue weighted by Gasteiger charge is -2.29. The molecule has 0 spiro atoms. The summed E-state index contributed by atoms with van der Waals surface area (Å²) >= 11 is 0. The number of alkyl carbamates (subject to hydrolysis) is 1. The van der Waals surface area contributed by atoms with Crippen LogP contribution in [0.2, 0.25) is 0 Å². The van der Waals surface area contributed by atoms with E-state index in [0.717, 1.165) is 0 Å². The normalized spacial score (nSPS) is 13.3. The molecule has 26 heavy (non-hydrogen) atoms. The van der Waals surface area contributed by atoms with Gasteiger partial charge in [0.15, 0.2) is 0 Å². The highest BCUT2D eigenvalue weighted by atomic mass is 16.8. The fraction of sp³-hybridized carbons (Fsp3) is 0.438. The van der Waals surface area contributed by atoms with Crippen LogP contribution in [0.5, 0.6) is 0 Å². The number of aliphatic carboxylic acids is 1. The number of amides is 1. The zero-order valence-corrected chi connectivity index (χ0v) is 14.8. The molecule has 144 valence electrons. The first-order valence-corrected chi connectivity index (χ1v) is 7.60. The van der Waals surface area contributed by atoms with E-state index in [-0.39, 0.29) is 11.3 Å². The summed E-state index contributed by atoms with van der Waals surface area (Å²) in [5.41, 5.74) is -1.38. The molecule has 10 heteroatoms. The number of carboxylic acids is 1. The van der Waals surface area contributed by atoms with E-state index in [1.807, 2.05) is 5.32 Å². The van der Waals surface area contributed by atoms with E-state index in [1.165, 1.54) is 31.2 Å². The van der Waals surface area contributed by atoms with Crippen LogP contribution in [0.15, 0.2) is 24.3 Å². The molecular weight excluding hydrogens is 348 g/mol. The molecule has 10 nitrogen and oxygen atoms in total. The maximum atomic E-state index is 12.4. The van der Waals surface area contributed by atoms with Crippen LogP contribution in [0.1, 0.15) is 39.4 Å². The molecule has 1 rings (SSSR count). The molecule has 0 fully saturated rings. The number of carbonyl (C=O) groups excluding carboxylic acids is 2. The van der Waals surface area contributed by atoms with E-state index in [4.69, 9.17) is 14.6 Å². The third-order valence-corrected chi connectivity index (χ3v) is 2.98. The number of carbonyl (C=O) groups is 3. The van der Waals surface area contributed by atoms with Crippen LogP contribution in [0.25, 0.3) is 0 Å². The second-order valence-corrected chi connectivity index (χ2v) is 6.35. The first-order valence-electron chi connectivity index (χ1n) is 7.60. The Labute approximate surface area is 149 Å². The maximum Gasteiger partial charge on any atom is 0.409 e. The number of benzene rings is 1. The van der Waals surface area contributed by atoms with Crippen LogP contribution < -0.4 is 10.5 Å². The monoisotopic (exact) mass is 369 g/mol. The largest absolute Gasteiger partial charge is 0.733 e. The van der Waals surface area contributed by atoms with Crippen molar-refractivity contribution in [1.82, 2.24) is 5.32 Å². The van der Waals surface area contributed by atoms with Crippen LogP contribution >= 0.6 is 0 Å². The molecule has 0 bridgehead atoms. The molecule has 2 atom stereocenters. The number of hydrogen-bond acceptors (Lipinski definition) is 8. The van der Waals surface area contributed by atoms with Crippen LogP contribution in [0.3, 0.4) is 0 Å².